The molecule has 19 heteroatoms. The Bertz CT molecular complexity index is 2310. The van der Waals surface area contributed by atoms with Crippen molar-refractivity contribution in [3.05, 3.63) is 79.7 Å². The first-order valence-corrected chi connectivity index (χ1v) is 18.6. The second-order valence-corrected chi connectivity index (χ2v) is 13.4. The van der Waals surface area contributed by atoms with Crippen molar-refractivity contribution in [3.8, 4) is 5.69 Å². The standard InChI is InChI=1S/C18H21N9O.C18H24N8O/c1-2-25-11-15(8-21-25)26-12-20-16-9-19-18(24-17(16)26)23-13-7-22-27(10-13)14-3-5-28-6-4-14;1-2-25-12-14(9-21-25)23-18-16(19)10-20-17(24-18)7-13-8-22-26(11-13)15-3-5-27-6-4-15/h7-12,14H,2-6H2,1H3,(H,19,23,24);8-12,15H,2-7,19H2,1H3,(H,20,23,24). The number of aromatic nitrogens is 14. The van der Waals surface area contributed by atoms with E-state index in [-0.39, 0.29) is 0 Å². The minimum absolute atomic E-state index is 0.379. The van der Waals surface area contributed by atoms with Crippen molar-refractivity contribution in [1.29, 1.82) is 0 Å². The van der Waals surface area contributed by atoms with E-state index in [0.717, 1.165) is 99.0 Å². The lowest BCUT2D eigenvalue weighted by Crippen LogP contribution is -2.19. The van der Waals surface area contributed by atoms with E-state index in [2.05, 4.69) is 62.1 Å². The number of hydrogen-bond acceptors (Lipinski definition) is 14. The van der Waals surface area contributed by atoms with Crippen LogP contribution in [0.25, 0.3) is 16.9 Å². The molecule has 0 unspecified atom stereocenters. The van der Waals surface area contributed by atoms with Crippen LogP contribution in [0.4, 0.5) is 28.8 Å². The average molecular weight is 748 g/mol. The molecule has 0 aromatic carbocycles. The fraction of sp³-hybridized carbons (Fsp3) is 0.417. The van der Waals surface area contributed by atoms with E-state index in [0.29, 0.717) is 41.8 Å². The van der Waals surface area contributed by atoms with Gasteiger partial charge in [0.2, 0.25) is 5.95 Å². The van der Waals surface area contributed by atoms with Gasteiger partial charge in [-0.05, 0) is 45.1 Å². The molecule has 55 heavy (non-hydrogen) atoms. The van der Waals surface area contributed by atoms with Crippen molar-refractivity contribution in [2.45, 2.75) is 71.1 Å². The molecular formula is C36H45N17O2. The molecular weight excluding hydrogens is 703 g/mol. The van der Waals surface area contributed by atoms with Crippen LogP contribution in [0.2, 0.25) is 0 Å². The Morgan fingerprint density at radius 1 is 0.691 bits per heavy atom. The van der Waals surface area contributed by atoms with Crippen LogP contribution in [0.5, 0.6) is 0 Å². The average Bonchev–Trinajstić information content (AvgIpc) is 4.08. The lowest BCUT2D eigenvalue weighted by Gasteiger charge is -2.22. The molecule has 9 rings (SSSR count). The fourth-order valence-electron chi connectivity index (χ4n) is 6.54. The number of aryl methyl sites for hydroxylation is 2. The number of hydrogen-bond donors (Lipinski definition) is 3. The van der Waals surface area contributed by atoms with Crippen LogP contribution in [0.15, 0.2) is 68.3 Å². The fourth-order valence-corrected chi connectivity index (χ4v) is 6.54. The van der Waals surface area contributed by atoms with Gasteiger partial charge in [-0.3, -0.25) is 23.3 Å². The molecule has 7 aromatic heterocycles. The van der Waals surface area contributed by atoms with Gasteiger partial charge in [-0.1, -0.05) is 0 Å². The lowest BCUT2D eigenvalue weighted by atomic mass is 10.1. The van der Waals surface area contributed by atoms with Gasteiger partial charge < -0.3 is 25.8 Å². The second-order valence-electron chi connectivity index (χ2n) is 13.4. The molecule has 9 heterocycles. The predicted octanol–water partition coefficient (Wildman–Crippen LogP) is 4.48. The molecule has 0 radical (unpaired) electrons. The smallest absolute Gasteiger partial charge is 0.229 e. The molecule has 19 nitrogen and oxygen atoms in total. The van der Waals surface area contributed by atoms with Gasteiger partial charge in [-0.15, -0.1) is 0 Å². The van der Waals surface area contributed by atoms with Gasteiger partial charge in [0, 0.05) is 70.7 Å². The first-order valence-electron chi connectivity index (χ1n) is 18.6. The van der Waals surface area contributed by atoms with Crippen molar-refractivity contribution < 1.29 is 9.47 Å². The minimum Gasteiger partial charge on any atom is -0.394 e. The largest absolute Gasteiger partial charge is 0.394 e. The number of nitrogens with one attached hydrogen (secondary N) is 2. The maximum Gasteiger partial charge on any atom is 0.229 e. The number of nitrogen functional groups attached to an aromatic ring is 1. The van der Waals surface area contributed by atoms with Crippen LogP contribution in [-0.4, -0.2) is 95.0 Å². The summed E-state index contributed by atoms with van der Waals surface area (Å²) in [6, 6.07) is 0.788. The van der Waals surface area contributed by atoms with Crippen LogP contribution in [0, 0.1) is 0 Å². The molecule has 0 amide bonds. The summed E-state index contributed by atoms with van der Waals surface area (Å²) >= 11 is 0. The zero-order valence-electron chi connectivity index (χ0n) is 30.9. The normalized spacial score (nSPS) is 15.2. The highest BCUT2D eigenvalue weighted by atomic mass is 16.5. The Morgan fingerprint density at radius 3 is 2.09 bits per heavy atom. The van der Waals surface area contributed by atoms with Crippen molar-refractivity contribution in [2.24, 2.45) is 0 Å². The highest BCUT2D eigenvalue weighted by Crippen LogP contribution is 2.25. The molecule has 0 aliphatic carbocycles. The molecule has 7 aromatic rings. The van der Waals surface area contributed by atoms with Crippen LogP contribution >= 0.6 is 0 Å². The summed E-state index contributed by atoms with van der Waals surface area (Å²) in [4.78, 5) is 22.4. The quantitative estimate of drug-likeness (QED) is 0.167. The Labute approximate surface area is 316 Å². The summed E-state index contributed by atoms with van der Waals surface area (Å²) < 4.78 is 20.5. The third-order valence-corrected chi connectivity index (χ3v) is 9.60. The highest BCUT2D eigenvalue weighted by molar-refractivity contribution is 5.74. The third-order valence-electron chi connectivity index (χ3n) is 9.60. The Hall–Kier alpha value is -6.21. The summed E-state index contributed by atoms with van der Waals surface area (Å²) in [6.07, 6.45) is 24.8. The molecule has 2 saturated heterocycles. The van der Waals surface area contributed by atoms with Crippen molar-refractivity contribution in [2.75, 3.05) is 42.8 Å². The van der Waals surface area contributed by atoms with E-state index in [1.807, 2.05) is 61.9 Å². The summed E-state index contributed by atoms with van der Waals surface area (Å²) in [5, 5.41) is 24.0. The second kappa shape index (κ2) is 16.4. The maximum absolute atomic E-state index is 6.03. The van der Waals surface area contributed by atoms with Crippen molar-refractivity contribution in [1.82, 2.24) is 68.6 Å². The number of anilines is 5. The first kappa shape index (κ1) is 35.8. The summed E-state index contributed by atoms with van der Waals surface area (Å²) in [6.45, 7) is 8.86. The molecule has 0 saturated carbocycles. The van der Waals surface area contributed by atoms with Gasteiger partial charge in [0.05, 0.1) is 72.0 Å². The number of fused-ring (bicyclic) bond motifs is 1. The molecule has 0 bridgehead atoms. The van der Waals surface area contributed by atoms with Gasteiger partial charge in [0.25, 0.3) is 0 Å². The Kier molecular flexibility index (Phi) is 10.7. The van der Waals surface area contributed by atoms with E-state index >= 15 is 0 Å². The lowest BCUT2D eigenvalue weighted by molar-refractivity contribution is 0.0661. The zero-order chi connectivity index (χ0) is 37.6. The summed E-state index contributed by atoms with van der Waals surface area (Å²) in [5.41, 5.74) is 11.7. The number of nitrogens with two attached hydrogens (primary N) is 1. The third kappa shape index (κ3) is 8.47. The molecule has 2 aliphatic rings. The number of ether oxygens (including phenoxy) is 2. The number of rotatable bonds is 11. The predicted molar refractivity (Wildman–Crippen MR) is 204 cm³/mol. The molecule has 2 aliphatic heterocycles. The van der Waals surface area contributed by atoms with Crippen LogP contribution in [0.1, 0.15) is 63.0 Å². The molecule has 4 N–H and O–H groups in total. The maximum atomic E-state index is 6.03. The molecule has 0 atom stereocenters. The summed E-state index contributed by atoms with van der Waals surface area (Å²) in [7, 11) is 0. The molecule has 2 fully saturated rings. The monoisotopic (exact) mass is 747 g/mol. The Morgan fingerprint density at radius 2 is 1.36 bits per heavy atom. The van der Waals surface area contributed by atoms with Crippen LogP contribution in [0.3, 0.4) is 0 Å². The van der Waals surface area contributed by atoms with Crippen molar-refractivity contribution >= 4 is 40.0 Å². The van der Waals surface area contributed by atoms with Crippen LogP contribution < -0.4 is 16.4 Å². The molecule has 286 valence electrons. The highest BCUT2D eigenvalue weighted by Gasteiger charge is 2.19. The van der Waals surface area contributed by atoms with Gasteiger partial charge in [0.1, 0.15) is 17.7 Å². The van der Waals surface area contributed by atoms with Crippen LogP contribution in [-0.2, 0) is 29.0 Å². The van der Waals surface area contributed by atoms with Gasteiger partial charge in [-0.25, -0.2) is 19.9 Å². The van der Waals surface area contributed by atoms with E-state index in [1.165, 1.54) is 0 Å². The number of imidazole rings is 1. The van der Waals surface area contributed by atoms with Gasteiger partial charge in [0.15, 0.2) is 11.5 Å². The SMILES string of the molecule is CCn1cc(-n2cnc3cnc(Nc4cnn(C5CCOCC5)c4)nc32)cn1.CCn1cc(Nc2nc(Cc3cnn(C4CCOCC4)c3)ncc2N)cn1. The Balaban J connectivity index is 0.000000155. The van der Waals surface area contributed by atoms with Crippen molar-refractivity contribution in [3.63, 3.8) is 0 Å². The number of nitrogens with zero attached hydrogens (tertiary/aromatic N) is 14. The topological polar surface area (TPSA) is 209 Å². The van der Waals surface area contributed by atoms with E-state index < -0.39 is 0 Å². The van der Waals surface area contributed by atoms with E-state index in [9.17, 15) is 0 Å². The van der Waals surface area contributed by atoms with E-state index in [1.54, 1.807) is 37.3 Å². The van der Waals surface area contributed by atoms with Gasteiger partial charge >= 0.3 is 0 Å². The minimum atomic E-state index is 0.379. The zero-order valence-corrected chi connectivity index (χ0v) is 30.9. The van der Waals surface area contributed by atoms with E-state index in [4.69, 9.17) is 15.2 Å². The first-order chi connectivity index (χ1) is 27.0. The van der Waals surface area contributed by atoms with Gasteiger partial charge in [-0.2, -0.15) is 25.4 Å². The summed E-state index contributed by atoms with van der Waals surface area (Å²) in [5.74, 6) is 1.79. The molecule has 0 spiro atoms.